The van der Waals surface area contributed by atoms with Crippen LogP contribution < -0.4 is 5.32 Å². The highest BCUT2D eigenvalue weighted by Crippen LogP contribution is 2.30. The van der Waals surface area contributed by atoms with E-state index < -0.39 is 11.8 Å². The molecule has 4 heteroatoms. The second kappa shape index (κ2) is 4.12. The minimum atomic E-state index is -1.04. The molecular weight excluding hydrogens is 209 g/mol. The average Bonchev–Trinajstić information content (AvgIpc) is 2.18. The van der Waals surface area contributed by atoms with Crippen molar-refractivity contribution >= 4 is 11.7 Å². The van der Waals surface area contributed by atoms with Gasteiger partial charge in [0.15, 0.2) is 0 Å². The number of hydrogen-bond acceptors (Lipinski definition) is 2. The maximum Gasteiger partial charge on any atom is 0.335 e. The summed E-state index contributed by atoms with van der Waals surface area (Å²) in [5.74, 6) is -0.766. The first-order chi connectivity index (χ1) is 7.56. The molecule has 1 fully saturated rings. The normalized spacial score (nSPS) is 23.6. The van der Waals surface area contributed by atoms with E-state index in [0.717, 1.165) is 12.8 Å². The summed E-state index contributed by atoms with van der Waals surface area (Å²) in [6.45, 7) is 2.14. The Labute approximate surface area is 93.3 Å². The molecule has 1 aliphatic rings. The van der Waals surface area contributed by atoms with Crippen LogP contribution in [0.15, 0.2) is 18.2 Å². The molecular formula is C12H14FNO2. The first-order valence-corrected chi connectivity index (χ1v) is 5.35. The van der Waals surface area contributed by atoms with E-state index in [-0.39, 0.29) is 17.3 Å². The fraction of sp³-hybridized carbons (Fsp3) is 0.417. The van der Waals surface area contributed by atoms with Gasteiger partial charge in [-0.15, -0.1) is 0 Å². The van der Waals surface area contributed by atoms with Gasteiger partial charge in [0.25, 0.3) is 0 Å². The summed E-state index contributed by atoms with van der Waals surface area (Å²) < 4.78 is 13.4. The molecule has 1 aliphatic carbocycles. The lowest BCUT2D eigenvalue weighted by Crippen LogP contribution is -2.34. The summed E-state index contributed by atoms with van der Waals surface area (Å²) in [5, 5.41) is 11.8. The number of aromatic carboxylic acids is 1. The molecule has 3 nitrogen and oxygen atoms in total. The number of benzene rings is 1. The molecule has 0 amide bonds. The number of halogens is 1. The van der Waals surface area contributed by atoms with Gasteiger partial charge in [0, 0.05) is 6.04 Å². The van der Waals surface area contributed by atoms with Gasteiger partial charge in [-0.05, 0) is 37.0 Å². The van der Waals surface area contributed by atoms with Gasteiger partial charge in [-0.2, -0.15) is 0 Å². The minimum Gasteiger partial charge on any atom is -0.478 e. The van der Waals surface area contributed by atoms with Crippen LogP contribution in [0.2, 0.25) is 0 Å². The predicted molar refractivity (Wildman–Crippen MR) is 59.2 cm³/mol. The fourth-order valence-corrected chi connectivity index (χ4v) is 2.01. The van der Waals surface area contributed by atoms with Crippen molar-refractivity contribution < 1.29 is 14.3 Å². The minimum absolute atomic E-state index is 0.108. The van der Waals surface area contributed by atoms with Crippen LogP contribution in [-0.2, 0) is 0 Å². The van der Waals surface area contributed by atoms with E-state index in [0.29, 0.717) is 5.92 Å². The molecule has 1 aromatic carbocycles. The van der Waals surface area contributed by atoms with Crippen LogP contribution in [0.25, 0.3) is 0 Å². The summed E-state index contributed by atoms with van der Waals surface area (Å²) >= 11 is 0. The number of nitrogens with one attached hydrogen (secondary N) is 1. The molecule has 0 aromatic heterocycles. The highest BCUT2D eigenvalue weighted by molar-refractivity contribution is 5.88. The largest absolute Gasteiger partial charge is 0.478 e. The SMILES string of the molecule is CC1CC(Nc2cc(C(=O)O)ccc2F)C1. The van der Waals surface area contributed by atoms with E-state index in [4.69, 9.17) is 5.11 Å². The average molecular weight is 223 g/mol. The standard InChI is InChI=1S/C12H14FNO2/c1-7-4-9(5-7)14-11-6-8(12(15)16)2-3-10(11)13/h2-3,6-7,9,14H,4-5H2,1H3,(H,15,16). The summed E-state index contributed by atoms with van der Waals surface area (Å²) in [6.07, 6.45) is 2.02. The zero-order valence-electron chi connectivity index (χ0n) is 9.03. The molecule has 0 heterocycles. The van der Waals surface area contributed by atoms with E-state index in [2.05, 4.69) is 12.2 Å². The first kappa shape index (κ1) is 10.9. The quantitative estimate of drug-likeness (QED) is 0.828. The topological polar surface area (TPSA) is 49.3 Å². The summed E-state index contributed by atoms with van der Waals surface area (Å²) in [6, 6.07) is 4.08. The van der Waals surface area contributed by atoms with Crippen molar-refractivity contribution in [2.45, 2.75) is 25.8 Å². The molecule has 1 aromatic rings. The van der Waals surface area contributed by atoms with Crippen molar-refractivity contribution in [2.75, 3.05) is 5.32 Å². The van der Waals surface area contributed by atoms with Gasteiger partial charge in [-0.3, -0.25) is 0 Å². The lowest BCUT2D eigenvalue weighted by atomic mass is 9.82. The Morgan fingerprint density at radius 3 is 2.75 bits per heavy atom. The van der Waals surface area contributed by atoms with Crippen LogP contribution in [0.1, 0.15) is 30.1 Å². The smallest absolute Gasteiger partial charge is 0.335 e. The van der Waals surface area contributed by atoms with Gasteiger partial charge in [-0.25, -0.2) is 9.18 Å². The summed E-state index contributed by atoms with van der Waals surface area (Å²) in [7, 11) is 0. The fourth-order valence-electron chi connectivity index (χ4n) is 2.01. The Balaban J connectivity index is 2.12. The van der Waals surface area contributed by atoms with E-state index in [1.54, 1.807) is 0 Å². The Hall–Kier alpha value is -1.58. The summed E-state index contributed by atoms with van der Waals surface area (Å²) in [5.41, 5.74) is 0.396. The Morgan fingerprint density at radius 1 is 1.50 bits per heavy atom. The lowest BCUT2D eigenvalue weighted by molar-refractivity contribution is 0.0697. The molecule has 0 spiro atoms. The Bertz CT molecular complexity index is 413. The molecule has 0 bridgehead atoms. The molecule has 2 N–H and O–H groups in total. The van der Waals surface area contributed by atoms with Crippen LogP contribution in [0.5, 0.6) is 0 Å². The molecule has 0 unspecified atom stereocenters. The molecule has 0 atom stereocenters. The second-order valence-corrected chi connectivity index (χ2v) is 4.42. The zero-order valence-corrected chi connectivity index (χ0v) is 9.03. The predicted octanol–water partition coefficient (Wildman–Crippen LogP) is 2.73. The monoisotopic (exact) mass is 223 g/mol. The van der Waals surface area contributed by atoms with Crippen LogP contribution in [0.4, 0.5) is 10.1 Å². The first-order valence-electron chi connectivity index (χ1n) is 5.35. The van der Waals surface area contributed by atoms with Crippen molar-refractivity contribution in [3.8, 4) is 0 Å². The van der Waals surface area contributed by atoms with E-state index in [9.17, 15) is 9.18 Å². The summed E-state index contributed by atoms with van der Waals surface area (Å²) in [4.78, 5) is 10.7. The molecule has 16 heavy (non-hydrogen) atoms. The van der Waals surface area contributed by atoms with Gasteiger partial charge in [-0.1, -0.05) is 6.92 Å². The van der Waals surface area contributed by atoms with Crippen molar-refractivity contribution in [3.63, 3.8) is 0 Å². The second-order valence-electron chi connectivity index (χ2n) is 4.42. The third-order valence-electron chi connectivity index (χ3n) is 2.95. The van der Waals surface area contributed by atoms with Gasteiger partial charge < -0.3 is 10.4 Å². The third-order valence-corrected chi connectivity index (χ3v) is 2.95. The van der Waals surface area contributed by atoms with Gasteiger partial charge in [0.1, 0.15) is 5.82 Å². The lowest BCUT2D eigenvalue weighted by Gasteiger charge is -2.34. The molecule has 0 saturated heterocycles. The molecule has 86 valence electrons. The van der Waals surface area contributed by atoms with E-state index in [1.807, 2.05) is 0 Å². The molecule has 1 saturated carbocycles. The van der Waals surface area contributed by atoms with Crippen molar-refractivity contribution in [1.29, 1.82) is 0 Å². The number of carbonyl (C=O) groups is 1. The van der Waals surface area contributed by atoms with Crippen LogP contribution >= 0.6 is 0 Å². The van der Waals surface area contributed by atoms with Crippen LogP contribution in [0, 0.1) is 11.7 Å². The number of rotatable bonds is 3. The highest BCUT2D eigenvalue weighted by atomic mass is 19.1. The molecule has 2 rings (SSSR count). The van der Waals surface area contributed by atoms with Gasteiger partial charge >= 0.3 is 5.97 Å². The maximum absolute atomic E-state index is 13.4. The van der Waals surface area contributed by atoms with Crippen molar-refractivity contribution in [3.05, 3.63) is 29.6 Å². The van der Waals surface area contributed by atoms with Crippen LogP contribution in [-0.4, -0.2) is 17.1 Å². The third kappa shape index (κ3) is 2.15. The van der Waals surface area contributed by atoms with Crippen molar-refractivity contribution in [2.24, 2.45) is 5.92 Å². The molecule has 0 aliphatic heterocycles. The zero-order chi connectivity index (χ0) is 11.7. The number of hydrogen-bond donors (Lipinski definition) is 2. The van der Waals surface area contributed by atoms with E-state index >= 15 is 0 Å². The number of carboxylic acids is 1. The van der Waals surface area contributed by atoms with Crippen molar-refractivity contribution in [1.82, 2.24) is 0 Å². The number of anilines is 1. The van der Waals surface area contributed by atoms with Gasteiger partial charge in [0.05, 0.1) is 11.3 Å². The number of carboxylic acid groups (broad SMARTS) is 1. The Morgan fingerprint density at radius 2 is 2.19 bits per heavy atom. The molecule has 0 radical (unpaired) electrons. The van der Waals surface area contributed by atoms with Gasteiger partial charge in [0.2, 0.25) is 0 Å². The maximum atomic E-state index is 13.4. The highest BCUT2D eigenvalue weighted by Gasteiger charge is 2.25. The van der Waals surface area contributed by atoms with E-state index in [1.165, 1.54) is 18.2 Å². The Kier molecular flexibility index (Phi) is 2.81. The van der Waals surface area contributed by atoms with Crippen LogP contribution in [0.3, 0.4) is 0 Å².